The Kier molecular flexibility index (Phi) is 4.43. The van der Waals surface area contributed by atoms with Gasteiger partial charge in [-0.3, -0.25) is 4.98 Å². The van der Waals surface area contributed by atoms with Gasteiger partial charge in [0, 0.05) is 12.4 Å². The minimum atomic E-state index is -0.561. The standard InChI is InChI=1S/C13H15N5O2/c1-9(10-4-2-3-6-15-10)20-13(19)17-8-12-16-7-5-11(14)18-12/h2-7,9H,8H2,1H3,(H,17,19)(H2,14,16,18)/t9-/m1/s1. The van der Waals surface area contributed by atoms with Crippen LogP contribution in [0.4, 0.5) is 10.6 Å². The number of anilines is 1. The number of hydrogen-bond acceptors (Lipinski definition) is 6. The number of nitrogens with one attached hydrogen (secondary N) is 1. The molecule has 2 aromatic rings. The number of hydrogen-bond donors (Lipinski definition) is 2. The zero-order chi connectivity index (χ0) is 14.4. The lowest BCUT2D eigenvalue weighted by Gasteiger charge is -2.13. The van der Waals surface area contributed by atoms with Crippen LogP contribution in [0.1, 0.15) is 24.5 Å². The molecule has 3 N–H and O–H groups in total. The van der Waals surface area contributed by atoms with Crippen molar-refractivity contribution in [3.05, 3.63) is 48.2 Å². The zero-order valence-corrected chi connectivity index (χ0v) is 11.0. The lowest BCUT2D eigenvalue weighted by Crippen LogP contribution is -2.26. The summed E-state index contributed by atoms with van der Waals surface area (Å²) in [6.07, 6.45) is 2.18. The molecule has 2 aromatic heterocycles. The molecule has 0 aliphatic rings. The van der Waals surface area contributed by atoms with Gasteiger partial charge in [-0.25, -0.2) is 14.8 Å². The van der Waals surface area contributed by atoms with Crippen LogP contribution < -0.4 is 11.1 Å². The van der Waals surface area contributed by atoms with Gasteiger partial charge >= 0.3 is 6.09 Å². The quantitative estimate of drug-likeness (QED) is 0.873. The van der Waals surface area contributed by atoms with Crippen LogP contribution in [0.3, 0.4) is 0 Å². The number of amides is 1. The Balaban J connectivity index is 1.84. The number of nitrogens with two attached hydrogens (primary N) is 1. The Bertz CT molecular complexity index is 576. The number of carbonyl (C=O) groups is 1. The van der Waals surface area contributed by atoms with Gasteiger partial charge in [-0.05, 0) is 25.1 Å². The predicted molar refractivity (Wildman–Crippen MR) is 72.4 cm³/mol. The van der Waals surface area contributed by atoms with Crippen LogP contribution in [0.5, 0.6) is 0 Å². The summed E-state index contributed by atoms with van der Waals surface area (Å²) in [5, 5.41) is 2.56. The maximum absolute atomic E-state index is 11.6. The van der Waals surface area contributed by atoms with Gasteiger partial charge in [-0.2, -0.15) is 0 Å². The summed E-state index contributed by atoms with van der Waals surface area (Å²) in [7, 11) is 0. The van der Waals surface area contributed by atoms with E-state index in [1.165, 1.54) is 6.20 Å². The smallest absolute Gasteiger partial charge is 0.408 e. The predicted octanol–water partition coefficient (Wildman–Crippen LogP) is 1.44. The van der Waals surface area contributed by atoms with Crippen molar-refractivity contribution in [3.8, 4) is 0 Å². The van der Waals surface area contributed by atoms with Gasteiger partial charge in [0.1, 0.15) is 17.7 Å². The van der Waals surface area contributed by atoms with E-state index in [0.29, 0.717) is 17.3 Å². The van der Waals surface area contributed by atoms with Gasteiger partial charge in [0.15, 0.2) is 0 Å². The van der Waals surface area contributed by atoms with Crippen molar-refractivity contribution in [3.63, 3.8) is 0 Å². The molecule has 104 valence electrons. The Morgan fingerprint density at radius 2 is 2.20 bits per heavy atom. The molecule has 0 radical (unpaired) electrons. The largest absolute Gasteiger partial charge is 0.440 e. The first-order valence-corrected chi connectivity index (χ1v) is 6.08. The molecule has 2 rings (SSSR count). The lowest BCUT2D eigenvalue weighted by atomic mass is 10.2. The SMILES string of the molecule is C[C@@H](OC(=O)NCc1nccc(N)n1)c1ccccn1. The van der Waals surface area contributed by atoms with Crippen LogP contribution in [-0.4, -0.2) is 21.0 Å². The highest BCUT2D eigenvalue weighted by molar-refractivity contribution is 5.67. The number of alkyl carbamates (subject to hydrolysis) is 1. The third-order valence-corrected chi connectivity index (χ3v) is 2.51. The molecule has 0 saturated carbocycles. The average molecular weight is 273 g/mol. The van der Waals surface area contributed by atoms with E-state index in [1.807, 2.05) is 6.07 Å². The number of nitrogen functional groups attached to an aromatic ring is 1. The van der Waals surface area contributed by atoms with Crippen molar-refractivity contribution < 1.29 is 9.53 Å². The van der Waals surface area contributed by atoms with Crippen molar-refractivity contribution >= 4 is 11.9 Å². The van der Waals surface area contributed by atoms with E-state index in [9.17, 15) is 4.79 Å². The Labute approximate surface area is 116 Å². The molecule has 0 aromatic carbocycles. The number of aromatic nitrogens is 3. The second-order valence-corrected chi connectivity index (χ2v) is 4.05. The van der Waals surface area contributed by atoms with Crippen LogP contribution in [0.2, 0.25) is 0 Å². The molecule has 7 heteroatoms. The molecule has 0 unspecified atom stereocenters. The van der Waals surface area contributed by atoms with Crippen molar-refractivity contribution in [2.45, 2.75) is 19.6 Å². The number of rotatable bonds is 4. The minimum Gasteiger partial charge on any atom is -0.440 e. The minimum absolute atomic E-state index is 0.152. The van der Waals surface area contributed by atoms with E-state index < -0.39 is 12.2 Å². The second-order valence-electron chi connectivity index (χ2n) is 4.05. The fourth-order valence-corrected chi connectivity index (χ4v) is 1.53. The molecule has 20 heavy (non-hydrogen) atoms. The van der Waals surface area contributed by atoms with Gasteiger partial charge in [-0.1, -0.05) is 6.07 Å². The lowest BCUT2D eigenvalue weighted by molar-refractivity contribution is 0.104. The van der Waals surface area contributed by atoms with Crippen LogP contribution >= 0.6 is 0 Å². The first-order chi connectivity index (χ1) is 9.65. The molecule has 0 aliphatic carbocycles. The van der Waals surface area contributed by atoms with Crippen LogP contribution in [0.25, 0.3) is 0 Å². The molecule has 0 saturated heterocycles. The summed E-state index contributed by atoms with van der Waals surface area (Å²) in [6.45, 7) is 1.90. The van der Waals surface area contributed by atoms with Gasteiger partial charge < -0.3 is 15.8 Å². The molecule has 2 heterocycles. The van der Waals surface area contributed by atoms with Gasteiger partial charge in [0.05, 0.1) is 12.2 Å². The fourth-order valence-electron chi connectivity index (χ4n) is 1.53. The highest BCUT2D eigenvalue weighted by Crippen LogP contribution is 2.13. The summed E-state index contributed by atoms with van der Waals surface area (Å²) in [5.41, 5.74) is 6.20. The molecule has 0 fully saturated rings. The fraction of sp³-hybridized carbons (Fsp3) is 0.231. The first kappa shape index (κ1) is 13.7. The zero-order valence-electron chi connectivity index (χ0n) is 11.0. The van der Waals surface area contributed by atoms with Gasteiger partial charge in [0.25, 0.3) is 0 Å². The Morgan fingerprint density at radius 3 is 2.90 bits per heavy atom. The van der Waals surface area contributed by atoms with Crippen molar-refractivity contribution in [2.75, 3.05) is 5.73 Å². The summed E-state index contributed by atoms with van der Waals surface area (Å²) in [6, 6.07) is 7.00. The molecular weight excluding hydrogens is 258 g/mol. The van der Waals surface area contributed by atoms with Crippen molar-refractivity contribution in [1.82, 2.24) is 20.3 Å². The first-order valence-electron chi connectivity index (χ1n) is 6.08. The average Bonchev–Trinajstić information content (AvgIpc) is 2.46. The number of pyridine rings is 1. The molecule has 1 atom stereocenters. The number of nitrogens with zero attached hydrogens (tertiary/aromatic N) is 3. The summed E-state index contributed by atoms with van der Waals surface area (Å²) in [4.78, 5) is 23.7. The third kappa shape index (κ3) is 3.91. The topological polar surface area (TPSA) is 103 Å². The number of carbonyl (C=O) groups excluding carboxylic acids is 1. The van der Waals surface area contributed by atoms with Crippen LogP contribution in [0, 0.1) is 0 Å². The Hall–Kier alpha value is -2.70. The van der Waals surface area contributed by atoms with Crippen LogP contribution in [0.15, 0.2) is 36.7 Å². The van der Waals surface area contributed by atoms with Crippen molar-refractivity contribution in [1.29, 1.82) is 0 Å². The molecule has 0 spiro atoms. The normalized spacial score (nSPS) is 11.7. The molecule has 7 nitrogen and oxygen atoms in total. The summed E-state index contributed by atoms with van der Waals surface area (Å²) < 4.78 is 5.19. The monoisotopic (exact) mass is 273 g/mol. The van der Waals surface area contributed by atoms with E-state index in [-0.39, 0.29) is 6.54 Å². The summed E-state index contributed by atoms with van der Waals surface area (Å²) in [5.74, 6) is 0.777. The van der Waals surface area contributed by atoms with Gasteiger partial charge in [0.2, 0.25) is 0 Å². The molecule has 0 bridgehead atoms. The van der Waals surface area contributed by atoms with E-state index in [0.717, 1.165) is 0 Å². The highest BCUT2D eigenvalue weighted by atomic mass is 16.6. The molecule has 0 aliphatic heterocycles. The van der Waals surface area contributed by atoms with E-state index in [1.54, 1.807) is 31.3 Å². The third-order valence-electron chi connectivity index (χ3n) is 2.51. The second kappa shape index (κ2) is 6.46. The van der Waals surface area contributed by atoms with Gasteiger partial charge in [-0.15, -0.1) is 0 Å². The molecule has 1 amide bonds. The highest BCUT2D eigenvalue weighted by Gasteiger charge is 2.12. The van der Waals surface area contributed by atoms with E-state index in [2.05, 4.69) is 20.3 Å². The maximum atomic E-state index is 11.6. The van der Waals surface area contributed by atoms with Crippen molar-refractivity contribution in [2.24, 2.45) is 0 Å². The van der Waals surface area contributed by atoms with E-state index >= 15 is 0 Å². The number of ether oxygens (including phenoxy) is 1. The molecular formula is C13H15N5O2. The van der Waals surface area contributed by atoms with E-state index in [4.69, 9.17) is 10.5 Å². The maximum Gasteiger partial charge on any atom is 0.408 e. The Morgan fingerprint density at radius 1 is 1.35 bits per heavy atom. The summed E-state index contributed by atoms with van der Waals surface area (Å²) >= 11 is 0. The van der Waals surface area contributed by atoms with Crippen LogP contribution in [-0.2, 0) is 11.3 Å².